The molecule has 24 heavy (non-hydrogen) atoms. The first kappa shape index (κ1) is 20.2. The lowest BCUT2D eigenvalue weighted by Crippen LogP contribution is -2.54. The number of hydrogen-bond donors (Lipinski definition) is 3. The third kappa shape index (κ3) is 6.70. The van der Waals surface area contributed by atoms with E-state index in [-0.39, 0.29) is 24.2 Å². The van der Waals surface area contributed by atoms with E-state index >= 15 is 0 Å². The molecular weight excluding hydrogens is 328 g/mol. The molecule has 7 heteroatoms. The molecule has 0 aliphatic carbocycles. The number of carboxylic acids is 1. The summed E-state index contributed by atoms with van der Waals surface area (Å²) in [5.74, 6) is -1.72. The molecule has 1 aromatic rings. The highest BCUT2D eigenvalue weighted by Gasteiger charge is 2.29. The minimum absolute atomic E-state index is 0.141. The van der Waals surface area contributed by atoms with Crippen LogP contribution in [0, 0.1) is 11.8 Å². The molecule has 0 saturated heterocycles. The molecule has 0 bridgehead atoms. The summed E-state index contributed by atoms with van der Waals surface area (Å²) in [7, 11) is 0. The highest BCUT2D eigenvalue weighted by Crippen LogP contribution is 2.12. The van der Waals surface area contributed by atoms with E-state index in [4.69, 9.17) is 0 Å². The van der Waals surface area contributed by atoms with Gasteiger partial charge in [0.05, 0.1) is 0 Å². The van der Waals surface area contributed by atoms with Crippen molar-refractivity contribution in [3.05, 3.63) is 22.4 Å². The fraction of sp³-hybridized carbons (Fsp3) is 0.588. The van der Waals surface area contributed by atoms with Crippen molar-refractivity contribution in [1.82, 2.24) is 10.6 Å². The van der Waals surface area contributed by atoms with Crippen LogP contribution in [0.15, 0.2) is 17.5 Å². The maximum Gasteiger partial charge on any atom is 0.326 e. The van der Waals surface area contributed by atoms with Gasteiger partial charge in [-0.1, -0.05) is 33.8 Å². The Morgan fingerprint density at radius 1 is 1.17 bits per heavy atom. The van der Waals surface area contributed by atoms with Gasteiger partial charge in [-0.3, -0.25) is 9.59 Å². The van der Waals surface area contributed by atoms with Gasteiger partial charge in [-0.05, 0) is 23.3 Å². The SMILES string of the molecule is CC(C)CC(=O)NC(C(=O)NC(Cc1cccs1)C(=O)O)C(C)C. The van der Waals surface area contributed by atoms with Crippen LogP contribution in [-0.4, -0.2) is 35.0 Å². The Morgan fingerprint density at radius 3 is 2.29 bits per heavy atom. The standard InChI is InChI=1S/C17H26N2O4S/c1-10(2)8-14(20)19-15(11(3)4)16(21)18-13(17(22)23)9-12-6-5-7-24-12/h5-7,10-11,13,15H,8-9H2,1-4H3,(H,18,21)(H,19,20)(H,22,23). The Bertz CT molecular complexity index is 555. The Morgan fingerprint density at radius 2 is 1.83 bits per heavy atom. The minimum atomic E-state index is -1.09. The van der Waals surface area contributed by atoms with Crippen LogP contribution in [-0.2, 0) is 20.8 Å². The number of carboxylic acid groups (broad SMARTS) is 1. The third-order valence-corrected chi connectivity index (χ3v) is 4.36. The zero-order valence-electron chi connectivity index (χ0n) is 14.5. The molecule has 0 aliphatic rings. The molecule has 1 aromatic heterocycles. The highest BCUT2D eigenvalue weighted by molar-refractivity contribution is 7.09. The van der Waals surface area contributed by atoms with Gasteiger partial charge in [-0.15, -0.1) is 11.3 Å². The molecule has 3 N–H and O–H groups in total. The fourth-order valence-electron chi connectivity index (χ4n) is 2.23. The number of aliphatic carboxylic acids is 1. The lowest BCUT2D eigenvalue weighted by atomic mass is 10.0. The van der Waals surface area contributed by atoms with Crippen molar-refractivity contribution in [1.29, 1.82) is 0 Å². The summed E-state index contributed by atoms with van der Waals surface area (Å²) in [6.07, 6.45) is 0.553. The maximum absolute atomic E-state index is 12.5. The van der Waals surface area contributed by atoms with E-state index in [1.54, 1.807) is 0 Å². The minimum Gasteiger partial charge on any atom is -0.480 e. The molecule has 134 valence electrons. The van der Waals surface area contributed by atoms with E-state index in [0.717, 1.165) is 4.88 Å². The molecule has 0 aliphatic heterocycles. The molecule has 0 aromatic carbocycles. The third-order valence-electron chi connectivity index (χ3n) is 3.46. The average Bonchev–Trinajstić information content (AvgIpc) is 2.95. The number of hydrogen-bond acceptors (Lipinski definition) is 4. The molecule has 0 radical (unpaired) electrons. The van der Waals surface area contributed by atoms with Crippen LogP contribution in [0.5, 0.6) is 0 Å². The highest BCUT2D eigenvalue weighted by atomic mass is 32.1. The molecule has 0 spiro atoms. The molecule has 1 heterocycles. The van der Waals surface area contributed by atoms with Crippen molar-refractivity contribution < 1.29 is 19.5 Å². The zero-order chi connectivity index (χ0) is 18.3. The van der Waals surface area contributed by atoms with Crippen LogP contribution in [0.1, 0.15) is 39.0 Å². The zero-order valence-corrected chi connectivity index (χ0v) is 15.4. The summed E-state index contributed by atoms with van der Waals surface area (Å²) in [5, 5.41) is 16.5. The van der Waals surface area contributed by atoms with Crippen LogP contribution in [0.3, 0.4) is 0 Å². The molecule has 2 amide bonds. The van der Waals surface area contributed by atoms with E-state index < -0.39 is 24.0 Å². The smallest absolute Gasteiger partial charge is 0.326 e. The Balaban J connectivity index is 2.74. The number of rotatable bonds is 9. The largest absolute Gasteiger partial charge is 0.480 e. The molecule has 2 atom stereocenters. The monoisotopic (exact) mass is 354 g/mol. The topological polar surface area (TPSA) is 95.5 Å². The van der Waals surface area contributed by atoms with Crippen molar-refractivity contribution in [2.24, 2.45) is 11.8 Å². The Hall–Kier alpha value is -1.89. The second-order valence-electron chi connectivity index (χ2n) is 6.57. The van der Waals surface area contributed by atoms with E-state index in [1.165, 1.54) is 11.3 Å². The lowest BCUT2D eigenvalue weighted by Gasteiger charge is -2.24. The number of nitrogens with one attached hydrogen (secondary N) is 2. The fourth-order valence-corrected chi connectivity index (χ4v) is 2.98. The van der Waals surface area contributed by atoms with E-state index in [1.807, 2.05) is 45.2 Å². The van der Waals surface area contributed by atoms with Crippen molar-refractivity contribution in [2.75, 3.05) is 0 Å². The first-order valence-electron chi connectivity index (χ1n) is 8.05. The van der Waals surface area contributed by atoms with Gasteiger partial charge in [0.25, 0.3) is 0 Å². The Labute approximate surface area is 146 Å². The molecule has 0 saturated carbocycles. The average molecular weight is 354 g/mol. The van der Waals surface area contributed by atoms with Gasteiger partial charge in [-0.25, -0.2) is 4.79 Å². The molecule has 6 nitrogen and oxygen atoms in total. The number of thiophene rings is 1. The van der Waals surface area contributed by atoms with Gasteiger partial charge >= 0.3 is 5.97 Å². The van der Waals surface area contributed by atoms with Crippen LogP contribution in [0.4, 0.5) is 0 Å². The van der Waals surface area contributed by atoms with Crippen molar-refractivity contribution >= 4 is 29.1 Å². The normalized spacial score (nSPS) is 13.6. The van der Waals surface area contributed by atoms with E-state index in [9.17, 15) is 19.5 Å². The first-order valence-corrected chi connectivity index (χ1v) is 8.93. The van der Waals surface area contributed by atoms with Crippen molar-refractivity contribution in [3.63, 3.8) is 0 Å². The van der Waals surface area contributed by atoms with E-state index in [0.29, 0.717) is 6.42 Å². The molecule has 0 fully saturated rings. The predicted molar refractivity (Wildman–Crippen MR) is 93.8 cm³/mol. The van der Waals surface area contributed by atoms with Crippen LogP contribution < -0.4 is 10.6 Å². The van der Waals surface area contributed by atoms with E-state index in [2.05, 4.69) is 10.6 Å². The summed E-state index contributed by atoms with van der Waals surface area (Å²) in [6, 6.07) is 1.90. The van der Waals surface area contributed by atoms with Gasteiger partial charge in [0.2, 0.25) is 11.8 Å². The summed E-state index contributed by atoms with van der Waals surface area (Å²) >= 11 is 1.44. The van der Waals surface area contributed by atoms with Gasteiger partial charge in [0.15, 0.2) is 0 Å². The van der Waals surface area contributed by atoms with Crippen LogP contribution in [0.25, 0.3) is 0 Å². The molecule has 1 rings (SSSR count). The second-order valence-corrected chi connectivity index (χ2v) is 7.60. The predicted octanol–water partition coefficient (Wildman–Crippen LogP) is 2.05. The summed E-state index contributed by atoms with van der Waals surface area (Å²) in [5.41, 5.74) is 0. The summed E-state index contributed by atoms with van der Waals surface area (Å²) in [4.78, 5) is 36.7. The lowest BCUT2D eigenvalue weighted by molar-refractivity contribution is -0.142. The quantitative estimate of drug-likeness (QED) is 0.632. The van der Waals surface area contributed by atoms with Gasteiger partial charge in [0.1, 0.15) is 12.1 Å². The van der Waals surface area contributed by atoms with Gasteiger partial charge in [-0.2, -0.15) is 0 Å². The molecule has 2 unspecified atom stereocenters. The number of carbonyl (C=O) groups excluding carboxylic acids is 2. The summed E-state index contributed by atoms with van der Waals surface area (Å²) < 4.78 is 0. The Kier molecular flexibility index (Phi) is 7.91. The van der Waals surface area contributed by atoms with Crippen molar-refractivity contribution in [2.45, 2.75) is 52.6 Å². The molecular formula is C17H26N2O4S. The number of amides is 2. The van der Waals surface area contributed by atoms with Gasteiger partial charge in [0, 0.05) is 17.7 Å². The van der Waals surface area contributed by atoms with Gasteiger partial charge < -0.3 is 15.7 Å². The van der Waals surface area contributed by atoms with Crippen LogP contribution >= 0.6 is 11.3 Å². The second kappa shape index (κ2) is 9.42. The first-order chi connectivity index (χ1) is 11.2. The van der Waals surface area contributed by atoms with Crippen molar-refractivity contribution in [3.8, 4) is 0 Å². The maximum atomic E-state index is 12.5. The number of carbonyl (C=O) groups is 3. The summed E-state index contributed by atoms with van der Waals surface area (Å²) in [6.45, 7) is 7.47. The van der Waals surface area contributed by atoms with Crippen LogP contribution in [0.2, 0.25) is 0 Å².